The van der Waals surface area contributed by atoms with Gasteiger partial charge >= 0.3 is 63.6 Å². The SMILES string of the molecule is O=C(O)N=NC(=O)O.[KH]. The maximum atomic E-state index is 9.38. The van der Waals surface area contributed by atoms with Crippen LogP contribution in [0.4, 0.5) is 9.59 Å². The molecule has 0 bridgehead atoms. The summed E-state index contributed by atoms with van der Waals surface area (Å²) in [5.41, 5.74) is 0. The van der Waals surface area contributed by atoms with E-state index in [0.717, 1.165) is 0 Å². The van der Waals surface area contributed by atoms with Gasteiger partial charge in [-0.05, 0) is 0 Å². The van der Waals surface area contributed by atoms with Crippen molar-refractivity contribution in [3.05, 3.63) is 0 Å². The normalized spacial score (nSPS) is 8.44. The van der Waals surface area contributed by atoms with E-state index in [1.807, 2.05) is 0 Å². The summed E-state index contributed by atoms with van der Waals surface area (Å²) in [6, 6.07) is 0. The Morgan fingerprint density at radius 2 is 1.22 bits per heavy atom. The summed E-state index contributed by atoms with van der Waals surface area (Å²) in [6.07, 6.45) is -3.24. The van der Waals surface area contributed by atoms with Gasteiger partial charge in [0.05, 0.1) is 0 Å². The van der Waals surface area contributed by atoms with Crippen LogP contribution >= 0.6 is 0 Å². The fourth-order valence-electron chi connectivity index (χ4n) is 0.0855. The second-order valence-electron chi connectivity index (χ2n) is 0.765. The average molecular weight is 158 g/mol. The van der Waals surface area contributed by atoms with E-state index in [1.54, 1.807) is 0 Å². The third-order valence-corrected chi connectivity index (χ3v) is 0.221. The molecule has 0 aromatic rings. The molecule has 0 atom stereocenters. The minimum absolute atomic E-state index is 0. The molecular formula is C2H3KN2O4. The Labute approximate surface area is 92.4 Å². The first-order valence-electron chi connectivity index (χ1n) is 1.50. The molecule has 0 aliphatic carbocycles. The van der Waals surface area contributed by atoms with Crippen molar-refractivity contribution >= 4 is 63.6 Å². The molecular weight excluding hydrogens is 155 g/mol. The summed E-state index contributed by atoms with van der Waals surface area (Å²) in [7, 11) is 0. The van der Waals surface area contributed by atoms with E-state index in [-0.39, 0.29) is 51.4 Å². The first-order valence-corrected chi connectivity index (χ1v) is 1.50. The summed E-state index contributed by atoms with van der Waals surface area (Å²) >= 11 is 0. The zero-order valence-corrected chi connectivity index (χ0v) is 3.61. The Kier molecular flexibility index (Phi) is 8.34. The van der Waals surface area contributed by atoms with E-state index in [4.69, 9.17) is 10.2 Å². The van der Waals surface area contributed by atoms with Gasteiger partial charge in [-0.2, -0.15) is 0 Å². The van der Waals surface area contributed by atoms with E-state index in [9.17, 15) is 9.59 Å². The van der Waals surface area contributed by atoms with Crippen LogP contribution in [0.3, 0.4) is 0 Å². The molecule has 0 spiro atoms. The molecule has 0 aliphatic heterocycles. The van der Waals surface area contributed by atoms with E-state index in [1.165, 1.54) is 0 Å². The van der Waals surface area contributed by atoms with Crippen molar-refractivity contribution in [2.75, 3.05) is 0 Å². The van der Waals surface area contributed by atoms with Gasteiger partial charge in [-0.3, -0.25) is 0 Å². The van der Waals surface area contributed by atoms with E-state index >= 15 is 0 Å². The summed E-state index contributed by atoms with van der Waals surface area (Å²) < 4.78 is 0. The standard InChI is InChI=1S/C2H2N2O4.K.H/c5-1(6)3-4-2(7)8;;/h(H,5,6)(H,7,8);;. The van der Waals surface area contributed by atoms with Crippen LogP contribution in [0.5, 0.6) is 0 Å². The predicted octanol–water partition coefficient (Wildman–Crippen LogP) is 0.146. The van der Waals surface area contributed by atoms with Crippen molar-refractivity contribution in [3.8, 4) is 0 Å². The summed E-state index contributed by atoms with van der Waals surface area (Å²) in [5, 5.41) is 19.8. The number of rotatable bonds is 0. The first kappa shape index (κ1) is 11.9. The quantitative estimate of drug-likeness (QED) is 0.387. The minimum atomic E-state index is -1.62. The predicted molar refractivity (Wildman–Crippen MR) is 28.1 cm³/mol. The third-order valence-electron chi connectivity index (χ3n) is 0.221. The van der Waals surface area contributed by atoms with Gasteiger partial charge < -0.3 is 10.2 Å². The molecule has 0 aromatic heterocycles. The molecule has 0 aromatic carbocycles. The Balaban J connectivity index is 0. The van der Waals surface area contributed by atoms with Gasteiger partial charge in [0.1, 0.15) is 0 Å². The number of carbonyl (C=O) groups is 2. The van der Waals surface area contributed by atoms with Crippen LogP contribution in [0.1, 0.15) is 0 Å². The van der Waals surface area contributed by atoms with Crippen LogP contribution in [0.15, 0.2) is 10.2 Å². The number of hydrogen-bond acceptors (Lipinski definition) is 2. The molecule has 0 radical (unpaired) electrons. The second-order valence-corrected chi connectivity index (χ2v) is 0.765. The Morgan fingerprint density at radius 1 is 1.00 bits per heavy atom. The molecule has 0 fully saturated rings. The maximum absolute atomic E-state index is 9.38. The molecule has 46 valence electrons. The number of carboxylic acid groups (broad SMARTS) is 2. The van der Waals surface area contributed by atoms with Gasteiger partial charge in [0.25, 0.3) is 0 Å². The Bertz CT molecular complexity index is 128. The molecule has 2 N–H and O–H groups in total. The van der Waals surface area contributed by atoms with Crippen molar-refractivity contribution < 1.29 is 19.8 Å². The third kappa shape index (κ3) is 11.6. The molecule has 0 rings (SSSR count). The zero-order valence-electron chi connectivity index (χ0n) is 3.61. The fourth-order valence-corrected chi connectivity index (χ4v) is 0.0855. The summed E-state index contributed by atoms with van der Waals surface area (Å²) in [4.78, 5) is 18.8. The van der Waals surface area contributed by atoms with Gasteiger partial charge in [-0.25, -0.2) is 9.59 Å². The van der Waals surface area contributed by atoms with Gasteiger partial charge in [0.2, 0.25) is 0 Å². The number of azo groups is 1. The van der Waals surface area contributed by atoms with E-state index in [2.05, 4.69) is 10.2 Å². The van der Waals surface area contributed by atoms with Crippen LogP contribution < -0.4 is 0 Å². The second kappa shape index (κ2) is 6.30. The monoisotopic (exact) mass is 158 g/mol. The molecule has 6 nitrogen and oxygen atoms in total. The van der Waals surface area contributed by atoms with E-state index in [0.29, 0.717) is 0 Å². The average Bonchev–Trinajstić information content (AvgIpc) is 1.61. The van der Waals surface area contributed by atoms with Crippen molar-refractivity contribution in [2.45, 2.75) is 0 Å². The molecule has 7 heteroatoms. The molecule has 2 amide bonds. The van der Waals surface area contributed by atoms with Gasteiger partial charge in [0.15, 0.2) is 0 Å². The molecule has 0 heterocycles. The molecule has 9 heavy (non-hydrogen) atoms. The summed E-state index contributed by atoms with van der Waals surface area (Å²) in [5.74, 6) is 0. The molecule has 0 aliphatic rings. The van der Waals surface area contributed by atoms with Crippen LogP contribution in [-0.4, -0.2) is 73.8 Å². The molecule has 0 unspecified atom stereocenters. The van der Waals surface area contributed by atoms with E-state index < -0.39 is 12.2 Å². The van der Waals surface area contributed by atoms with Gasteiger partial charge in [-0.1, -0.05) is 10.2 Å². The van der Waals surface area contributed by atoms with Crippen LogP contribution in [-0.2, 0) is 0 Å². The number of hydrogen-bond donors (Lipinski definition) is 2. The summed E-state index contributed by atoms with van der Waals surface area (Å²) in [6.45, 7) is 0. The first-order chi connectivity index (χ1) is 3.63. The van der Waals surface area contributed by atoms with Gasteiger partial charge in [-0.15, -0.1) is 0 Å². The van der Waals surface area contributed by atoms with Gasteiger partial charge in [0, 0.05) is 0 Å². The molecule has 0 saturated heterocycles. The van der Waals surface area contributed by atoms with Crippen molar-refractivity contribution in [1.29, 1.82) is 0 Å². The van der Waals surface area contributed by atoms with Crippen LogP contribution in [0.25, 0.3) is 0 Å². The Morgan fingerprint density at radius 3 is 1.33 bits per heavy atom. The van der Waals surface area contributed by atoms with Crippen molar-refractivity contribution in [1.82, 2.24) is 0 Å². The Hall–Kier alpha value is 0.176. The topological polar surface area (TPSA) is 99.3 Å². The number of nitrogens with zero attached hydrogens (tertiary/aromatic N) is 2. The van der Waals surface area contributed by atoms with Crippen molar-refractivity contribution in [3.63, 3.8) is 0 Å². The van der Waals surface area contributed by atoms with Crippen LogP contribution in [0, 0.1) is 0 Å². The zero-order chi connectivity index (χ0) is 6.57. The molecule has 0 saturated carbocycles. The number of amides is 2. The van der Waals surface area contributed by atoms with Crippen LogP contribution in [0.2, 0.25) is 0 Å². The van der Waals surface area contributed by atoms with Crippen molar-refractivity contribution in [2.24, 2.45) is 10.2 Å². The fraction of sp³-hybridized carbons (Fsp3) is 0.